The van der Waals surface area contributed by atoms with E-state index >= 15 is 0 Å². The van der Waals surface area contributed by atoms with Gasteiger partial charge in [0.05, 0.1) is 12.3 Å². The number of nitrogens with one attached hydrogen (secondary N) is 2. The summed E-state index contributed by atoms with van der Waals surface area (Å²) in [5, 5.41) is 14.4. The zero-order chi connectivity index (χ0) is 20.5. The van der Waals surface area contributed by atoms with Gasteiger partial charge in [0.25, 0.3) is 5.56 Å². The largest absolute Gasteiger partial charge is 0.494 e. The highest BCUT2D eigenvalue weighted by atomic mass is 16.3. The fraction of sp³-hybridized carbons (Fsp3) is 0.400. The van der Waals surface area contributed by atoms with Crippen molar-refractivity contribution >= 4 is 11.6 Å². The molecule has 28 heavy (non-hydrogen) atoms. The Morgan fingerprint density at radius 3 is 2.57 bits per heavy atom. The molecule has 0 aliphatic rings. The number of aromatic amines is 1. The average Bonchev–Trinajstić information content (AvgIpc) is 2.67. The van der Waals surface area contributed by atoms with Crippen molar-refractivity contribution in [2.24, 2.45) is 5.10 Å². The van der Waals surface area contributed by atoms with Gasteiger partial charge in [-0.2, -0.15) is 5.10 Å². The second-order valence-corrected chi connectivity index (χ2v) is 6.57. The van der Waals surface area contributed by atoms with E-state index in [2.05, 4.69) is 22.4 Å². The van der Waals surface area contributed by atoms with Crippen molar-refractivity contribution in [3.05, 3.63) is 62.3 Å². The summed E-state index contributed by atoms with van der Waals surface area (Å²) in [6.45, 7) is 3.67. The van der Waals surface area contributed by atoms with Gasteiger partial charge in [-0.1, -0.05) is 56.5 Å². The first kappa shape index (κ1) is 21.1. The molecule has 150 valence electrons. The van der Waals surface area contributed by atoms with Crippen LogP contribution in [0, 0.1) is 0 Å². The zero-order valence-electron chi connectivity index (χ0n) is 16.2. The lowest BCUT2D eigenvalue weighted by Gasteiger charge is -2.11. The number of H-pyrrole nitrogens is 1. The summed E-state index contributed by atoms with van der Waals surface area (Å²) in [6.07, 6.45) is 4.23. The molecule has 2 aromatic rings. The molecule has 1 heterocycles. The third-order valence-corrected chi connectivity index (χ3v) is 4.32. The monoisotopic (exact) mass is 386 g/mol. The van der Waals surface area contributed by atoms with E-state index in [9.17, 15) is 19.5 Å². The Morgan fingerprint density at radius 1 is 1.18 bits per heavy atom. The zero-order valence-corrected chi connectivity index (χ0v) is 16.2. The van der Waals surface area contributed by atoms with Gasteiger partial charge in [0.15, 0.2) is 0 Å². The molecule has 1 amide bonds. The Hall–Kier alpha value is -3.16. The molecule has 8 heteroatoms. The van der Waals surface area contributed by atoms with Crippen molar-refractivity contribution in [2.45, 2.75) is 52.5 Å². The van der Waals surface area contributed by atoms with Crippen molar-refractivity contribution in [1.29, 1.82) is 0 Å². The number of carbonyl (C=O) groups excluding carboxylic acids is 1. The Morgan fingerprint density at radius 2 is 1.89 bits per heavy atom. The van der Waals surface area contributed by atoms with Crippen LogP contribution in [0.2, 0.25) is 0 Å². The maximum Gasteiger partial charge on any atom is 0.331 e. The molecule has 0 aliphatic heterocycles. The average molecular weight is 386 g/mol. The van der Waals surface area contributed by atoms with Gasteiger partial charge >= 0.3 is 5.69 Å². The molecule has 8 nitrogen and oxygen atoms in total. The van der Waals surface area contributed by atoms with Gasteiger partial charge in [-0.05, 0) is 18.9 Å². The van der Waals surface area contributed by atoms with Gasteiger partial charge in [0.1, 0.15) is 5.56 Å². The van der Waals surface area contributed by atoms with Crippen molar-refractivity contribution in [3.8, 4) is 5.88 Å². The van der Waals surface area contributed by atoms with Crippen LogP contribution < -0.4 is 16.7 Å². The molecule has 0 saturated heterocycles. The molecular formula is C20H26N4O4. The maximum absolute atomic E-state index is 12.2. The molecule has 0 unspecified atom stereocenters. The van der Waals surface area contributed by atoms with E-state index in [0.29, 0.717) is 6.42 Å². The third kappa shape index (κ3) is 5.67. The first-order valence-electron chi connectivity index (χ1n) is 9.37. The topological polar surface area (TPSA) is 117 Å². The van der Waals surface area contributed by atoms with Crippen LogP contribution in [0.3, 0.4) is 0 Å². The van der Waals surface area contributed by atoms with Gasteiger partial charge in [0, 0.05) is 6.42 Å². The summed E-state index contributed by atoms with van der Waals surface area (Å²) < 4.78 is 1.05. The lowest BCUT2D eigenvalue weighted by Crippen LogP contribution is -2.34. The molecule has 0 aliphatic carbocycles. The van der Waals surface area contributed by atoms with E-state index in [0.717, 1.165) is 35.8 Å². The number of amides is 1. The predicted molar refractivity (Wildman–Crippen MR) is 108 cm³/mol. The molecule has 0 fully saturated rings. The summed E-state index contributed by atoms with van der Waals surface area (Å²) >= 11 is 0. The lowest BCUT2D eigenvalue weighted by molar-refractivity contribution is -0.121. The van der Waals surface area contributed by atoms with Crippen LogP contribution in [0.4, 0.5) is 0 Å². The van der Waals surface area contributed by atoms with Crippen LogP contribution in [0.25, 0.3) is 0 Å². The highest BCUT2D eigenvalue weighted by Crippen LogP contribution is 2.13. The number of unbranched alkanes of at least 4 members (excludes halogenated alkanes) is 3. The Balaban J connectivity index is 2.20. The summed E-state index contributed by atoms with van der Waals surface area (Å²) in [6, 6.07) is 9.07. The molecule has 0 saturated carbocycles. The number of carbonyl (C=O) groups is 1. The fourth-order valence-corrected chi connectivity index (χ4v) is 2.77. The van der Waals surface area contributed by atoms with Crippen LogP contribution in [0.1, 0.15) is 57.1 Å². The third-order valence-electron chi connectivity index (χ3n) is 4.32. The van der Waals surface area contributed by atoms with Gasteiger partial charge in [-0.25, -0.2) is 10.2 Å². The predicted octanol–water partition coefficient (Wildman–Crippen LogP) is 2.10. The minimum atomic E-state index is -0.759. The van der Waals surface area contributed by atoms with Gasteiger partial charge in [-0.15, -0.1) is 0 Å². The van der Waals surface area contributed by atoms with Crippen LogP contribution in [0.15, 0.2) is 45.0 Å². The molecule has 0 atom stereocenters. The maximum atomic E-state index is 12.2. The van der Waals surface area contributed by atoms with Crippen LogP contribution >= 0.6 is 0 Å². The van der Waals surface area contributed by atoms with Crippen molar-refractivity contribution in [3.63, 3.8) is 0 Å². The van der Waals surface area contributed by atoms with E-state index < -0.39 is 17.1 Å². The van der Waals surface area contributed by atoms with E-state index in [-0.39, 0.29) is 23.7 Å². The molecule has 2 rings (SSSR count). The van der Waals surface area contributed by atoms with Crippen molar-refractivity contribution in [2.75, 3.05) is 0 Å². The summed E-state index contributed by atoms with van der Waals surface area (Å²) in [4.78, 5) is 38.3. The van der Waals surface area contributed by atoms with Crippen LogP contribution in [-0.2, 0) is 11.3 Å². The second-order valence-electron chi connectivity index (χ2n) is 6.57. The number of hydrazone groups is 1. The Kier molecular flexibility index (Phi) is 7.74. The number of hydrogen-bond donors (Lipinski definition) is 3. The van der Waals surface area contributed by atoms with E-state index in [4.69, 9.17) is 0 Å². The molecule has 3 N–H and O–H groups in total. The summed E-state index contributed by atoms with van der Waals surface area (Å²) in [5.74, 6) is -0.750. The number of aromatic hydroxyl groups is 1. The Bertz CT molecular complexity index is 945. The fourth-order valence-electron chi connectivity index (χ4n) is 2.77. The Labute approximate surface area is 162 Å². The molecule has 0 bridgehead atoms. The summed E-state index contributed by atoms with van der Waals surface area (Å²) in [5.41, 5.74) is 1.66. The van der Waals surface area contributed by atoms with Gasteiger partial charge in [0.2, 0.25) is 11.8 Å². The van der Waals surface area contributed by atoms with Gasteiger partial charge < -0.3 is 5.11 Å². The smallest absolute Gasteiger partial charge is 0.331 e. The standard InChI is InChI=1S/C20H26N4O4/c1-3-4-5-9-12-16(25)23-22-14(2)17-18(26)21-20(28)24(19(17)27)13-15-10-7-6-8-11-15/h6-8,10-11,27H,3-5,9,12-13H2,1-2H3,(H,23,25)(H,21,26,28). The van der Waals surface area contributed by atoms with E-state index in [1.165, 1.54) is 6.92 Å². The molecular weight excluding hydrogens is 360 g/mol. The van der Waals surface area contributed by atoms with Crippen LogP contribution in [-0.4, -0.2) is 26.3 Å². The van der Waals surface area contributed by atoms with Gasteiger partial charge in [-0.3, -0.25) is 19.1 Å². The lowest BCUT2D eigenvalue weighted by atomic mass is 10.1. The van der Waals surface area contributed by atoms with Crippen molar-refractivity contribution < 1.29 is 9.90 Å². The highest BCUT2D eigenvalue weighted by molar-refractivity contribution is 6.00. The summed E-state index contributed by atoms with van der Waals surface area (Å²) in [7, 11) is 0. The molecule has 1 aromatic carbocycles. The highest BCUT2D eigenvalue weighted by Gasteiger charge is 2.17. The first-order valence-corrected chi connectivity index (χ1v) is 9.37. The molecule has 0 spiro atoms. The quantitative estimate of drug-likeness (QED) is 0.348. The minimum absolute atomic E-state index is 0.0896. The van der Waals surface area contributed by atoms with E-state index in [1.54, 1.807) is 12.1 Å². The second kappa shape index (κ2) is 10.2. The number of benzene rings is 1. The minimum Gasteiger partial charge on any atom is -0.494 e. The SMILES string of the molecule is CCCCCCC(=O)NN=C(C)c1c(O)n(Cc2ccccc2)c(=O)[nH]c1=O. The van der Waals surface area contributed by atoms with Crippen molar-refractivity contribution in [1.82, 2.24) is 15.0 Å². The number of aromatic nitrogens is 2. The van der Waals surface area contributed by atoms with E-state index in [1.807, 2.05) is 18.2 Å². The normalized spacial score (nSPS) is 11.4. The number of rotatable bonds is 9. The van der Waals surface area contributed by atoms with Crippen LogP contribution in [0.5, 0.6) is 5.88 Å². The number of hydrogen-bond acceptors (Lipinski definition) is 5. The molecule has 0 radical (unpaired) electrons. The first-order chi connectivity index (χ1) is 13.4. The number of nitrogens with zero attached hydrogens (tertiary/aromatic N) is 2. The molecule has 1 aromatic heterocycles.